The Balaban J connectivity index is 1.45. The number of amides is 1. The third-order valence-electron chi connectivity index (χ3n) is 7.10. The van der Waals surface area contributed by atoms with Crippen LogP contribution < -0.4 is 4.90 Å². The van der Waals surface area contributed by atoms with Crippen LogP contribution in [0.15, 0.2) is 48.5 Å². The molecule has 0 aliphatic carbocycles. The molecule has 33 heavy (non-hydrogen) atoms. The molecule has 2 saturated heterocycles. The highest BCUT2D eigenvalue weighted by Crippen LogP contribution is 2.36. The molecule has 2 aliphatic rings. The van der Waals surface area contributed by atoms with Crippen LogP contribution in [-0.4, -0.2) is 80.0 Å². The molecule has 0 spiro atoms. The number of hydrogen-bond donors (Lipinski definition) is 0. The Labute approximate surface area is 203 Å². The third-order valence-corrected chi connectivity index (χ3v) is 7.36. The van der Waals surface area contributed by atoms with Gasteiger partial charge in [0.2, 0.25) is 5.91 Å². The molecule has 1 amide bonds. The van der Waals surface area contributed by atoms with Crippen molar-refractivity contribution in [1.82, 2.24) is 14.7 Å². The quantitative estimate of drug-likeness (QED) is 0.636. The van der Waals surface area contributed by atoms with E-state index in [0.29, 0.717) is 11.9 Å². The van der Waals surface area contributed by atoms with E-state index in [4.69, 9.17) is 11.6 Å². The number of rotatable bonds is 6. The summed E-state index contributed by atoms with van der Waals surface area (Å²) in [5.41, 5.74) is 3.86. The lowest BCUT2D eigenvalue weighted by Crippen LogP contribution is -2.51. The molecule has 0 unspecified atom stereocenters. The maximum absolute atomic E-state index is 13.7. The monoisotopic (exact) mass is 468 g/mol. The average molecular weight is 469 g/mol. The number of nitrogens with zero attached hydrogens (tertiary/aromatic N) is 4. The van der Waals surface area contributed by atoms with Crippen LogP contribution in [0.2, 0.25) is 5.02 Å². The van der Waals surface area contributed by atoms with E-state index in [1.807, 2.05) is 12.1 Å². The van der Waals surface area contributed by atoms with Gasteiger partial charge in [-0.2, -0.15) is 0 Å². The van der Waals surface area contributed by atoms with Crippen molar-refractivity contribution in [3.63, 3.8) is 0 Å². The van der Waals surface area contributed by atoms with E-state index in [1.165, 1.54) is 16.8 Å². The highest BCUT2D eigenvalue weighted by atomic mass is 35.5. The van der Waals surface area contributed by atoms with Gasteiger partial charge in [-0.15, -0.1) is 0 Å². The molecule has 6 heteroatoms. The van der Waals surface area contributed by atoms with Crippen molar-refractivity contribution < 1.29 is 4.79 Å². The average Bonchev–Trinajstić information content (AvgIpc) is 3.25. The zero-order valence-electron chi connectivity index (χ0n) is 20.4. The van der Waals surface area contributed by atoms with Crippen LogP contribution in [-0.2, 0) is 11.3 Å². The number of carbonyl (C=O) groups excluding carboxylic acids is 1. The van der Waals surface area contributed by atoms with Crippen molar-refractivity contribution in [2.75, 3.05) is 58.3 Å². The molecule has 2 atom stereocenters. The number of para-hydroxylation sites is 1. The highest BCUT2D eigenvalue weighted by Gasteiger charge is 2.41. The Morgan fingerprint density at radius 2 is 1.67 bits per heavy atom. The minimum absolute atomic E-state index is 0.00107. The van der Waals surface area contributed by atoms with Crippen LogP contribution in [0.5, 0.6) is 0 Å². The SMILES string of the molecule is CC(C)N1C[C@@H](C(=O)N2CCN(c3ccccc3CN(C)C)CC2)[C@H](c2ccc(Cl)cc2)C1. The number of benzene rings is 2. The van der Waals surface area contributed by atoms with Gasteiger partial charge >= 0.3 is 0 Å². The highest BCUT2D eigenvalue weighted by molar-refractivity contribution is 6.30. The lowest BCUT2D eigenvalue weighted by atomic mass is 9.88. The Kier molecular flexibility index (Phi) is 7.62. The number of carbonyl (C=O) groups is 1. The minimum atomic E-state index is 0.00107. The van der Waals surface area contributed by atoms with Gasteiger partial charge in [-0.25, -0.2) is 0 Å². The second-order valence-corrected chi connectivity index (χ2v) is 10.4. The molecule has 178 valence electrons. The summed E-state index contributed by atoms with van der Waals surface area (Å²) in [5.74, 6) is 0.525. The smallest absolute Gasteiger partial charge is 0.227 e. The Morgan fingerprint density at radius 3 is 2.30 bits per heavy atom. The first-order chi connectivity index (χ1) is 15.8. The van der Waals surface area contributed by atoms with Crippen LogP contribution in [0.3, 0.4) is 0 Å². The molecule has 5 nitrogen and oxygen atoms in total. The lowest BCUT2D eigenvalue weighted by molar-refractivity contribution is -0.135. The standard InChI is InChI=1S/C27H37ClN4O/c1-20(2)32-18-24(21-9-11-23(28)12-10-21)25(19-32)27(33)31-15-13-30(14-16-31)26-8-6-5-7-22(26)17-29(3)4/h5-12,20,24-25H,13-19H2,1-4H3/t24-,25+/m0/s1. The van der Waals surface area contributed by atoms with Gasteiger partial charge in [0.05, 0.1) is 5.92 Å². The number of anilines is 1. The topological polar surface area (TPSA) is 30.0 Å². The fourth-order valence-corrected chi connectivity index (χ4v) is 5.38. The summed E-state index contributed by atoms with van der Waals surface area (Å²) in [4.78, 5) is 22.9. The first kappa shape index (κ1) is 24.1. The second kappa shape index (κ2) is 10.5. The van der Waals surface area contributed by atoms with Crippen LogP contribution in [0.4, 0.5) is 5.69 Å². The number of likely N-dealkylation sites (tertiary alicyclic amines) is 1. The Bertz CT molecular complexity index is 937. The Morgan fingerprint density at radius 1 is 1.00 bits per heavy atom. The van der Waals surface area contributed by atoms with Crippen molar-refractivity contribution in [3.8, 4) is 0 Å². The van der Waals surface area contributed by atoms with Crippen LogP contribution in [0.25, 0.3) is 0 Å². The number of hydrogen-bond acceptors (Lipinski definition) is 4. The molecule has 2 aromatic rings. The predicted octanol–water partition coefficient (Wildman–Crippen LogP) is 4.17. The van der Waals surface area contributed by atoms with Crippen LogP contribution in [0.1, 0.15) is 30.9 Å². The fourth-order valence-electron chi connectivity index (χ4n) is 5.25. The van der Waals surface area contributed by atoms with Gasteiger partial charge in [-0.05, 0) is 57.3 Å². The summed E-state index contributed by atoms with van der Waals surface area (Å²) >= 11 is 6.13. The van der Waals surface area contributed by atoms with Crippen molar-refractivity contribution >= 4 is 23.2 Å². The molecule has 0 aromatic heterocycles. The number of halogens is 1. The molecule has 2 aromatic carbocycles. The van der Waals surface area contributed by atoms with Gasteiger partial charge in [-0.3, -0.25) is 9.69 Å². The van der Waals surface area contributed by atoms with Gasteiger partial charge in [0.15, 0.2) is 0 Å². The number of piperazine rings is 1. The summed E-state index contributed by atoms with van der Waals surface area (Å²) in [7, 11) is 4.21. The molecule has 2 fully saturated rings. The van der Waals surface area contributed by atoms with Crippen molar-refractivity contribution in [1.29, 1.82) is 0 Å². The van der Waals surface area contributed by atoms with Crippen molar-refractivity contribution in [2.24, 2.45) is 5.92 Å². The minimum Gasteiger partial charge on any atom is -0.368 e. The summed E-state index contributed by atoms with van der Waals surface area (Å²) in [5, 5.41) is 0.742. The van der Waals surface area contributed by atoms with Gasteiger partial charge in [-0.1, -0.05) is 41.9 Å². The van der Waals surface area contributed by atoms with E-state index in [1.54, 1.807) is 0 Å². The summed E-state index contributed by atoms with van der Waals surface area (Å²) < 4.78 is 0. The zero-order chi connectivity index (χ0) is 23.5. The molecule has 2 heterocycles. The molecule has 0 N–H and O–H groups in total. The van der Waals surface area contributed by atoms with Crippen molar-refractivity contribution in [2.45, 2.75) is 32.4 Å². The molecular formula is C27H37ClN4O. The van der Waals surface area contributed by atoms with E-state index in [-0.39, 0.29) is 11.8 Å². The second-order valence-electron chi connectivity index (χ2n) is 9.99. The maximum Gasteiger partial charge on any atom is 0.227 e. The molecular weight excluding hydrogens is 432 g/mol. The molecule has 2 aliphatic heterocycles. The van der Waals surface area contributed by atoms with Gasteiger partial charge < -0.3 is 14.7 Å². The predicted molar refractivity (Wildman–Crippen MR) is 137 cm³/mol. The molecule has 0 saturated carbocycles. The molecule has 0 radical (unpaired) electrons. The fraction of sp³-hybridized carbons (Fsp3) is 0.519. The van der Waals surface area contributed by atoms with E-state index < -0.39 is 0 Å². The van der Waals surface area contributed by atoms with E-state index in [9.17, 15) is 4.79 Å². The van der Waals surface area contributed by atoms with Gasteiger partial charge in [0.25, 0.3) is 0 Å². The zero-order valence-corrected chi connectivity index (χ0v) is 21.1. The van der Waals surface area contributed by atoms with Crippen LogP contribution >= 0.6 is 11.6 Å². The lowest BCUT2D eigenvalue weighted by Gasteiger charge is -2.38. The largest absolute Gasteiger partial charge is 0.368 e. The van der Waals surface area contributed by atoms with Crippen LogP contribution in [0, 0.1) is 5.92 Å². The Hall–Kier alpha value is -2.08. The first-order valence-corrected chi connectivity index (χ1v) is 12.5. The van der Waals surface area contributed by atoms with Crippen molar-refractivity contribution in [3.05, 3.63) is 64.7 Å². The van der Waals surface area contributed by atoms with Gasteiger partial charge in [0.1, 0.15) is 0 Å². The van der Waals surface area contributed by atoms with E-state index in [2.05, 4.69) is 83.9 Å². The summed E-state index contributed by atoms with van der Waals surface area (Å²) in [6, 6.07) is 17.2. The molecule has 0 bridgehead atoms. The van der Waals surface area contributed by atoms with Gasteiger partial charge in [0, 0.05) is 68.5 Å². The molecule has 4 rings (SSSR count). The maximum atomic E-state index is 13.7. The summed E-state index contributed by atoms with van der Waals surface area (Å²) in [6.45, 7) is 10.4. The van der Waals surface area contributed by atoms with E-state index in [0.717, 1.165) is 50.8 Å². The third kappa shape index (κ3) is 5.53. The first-order valence-electron chi connectivity index (χ1n) is 12.1. The normalized spacial score (nSPS) is 21.9. The van der Waals surface area contributed by atoms with E-state index >= 15 is 0 Å². The summed E-state index contributed by atoms with van der Waals surface area (Å²) in [6.07, 6.45) is 0.